The molecule has 0 spiro atoms. The van der Waals surface area contributed by atoms with Crippen LogP contribution >= 0.6 is 11.8 Å². The molecule has 2 bridgehead atoms. The molecule has 3 saturated heterocycles. The molecule has 3 fully saturated rings. The molecule has 18 heavy (non-hydrogen) atoms. The molecule has 4 heteroatoms. The van der Waals surface area contributed by atoms with E-state index in [0.717, 1.165) is 17.8 Å². The van der Waals surface area contributed by atoms with E-state index in [4.69, 9.17) is 4.99 Å². The third kappa shape index (κ3) is 2.55. The number of rotatable bonds is 1. The first-order valence-electron chi connectivity index (χ1n) is 7.24. The number of nitrogens with one attached hydrogen (secondary N) is 1. The maximum absolute atomic E-state index is 4.99. The lowest BCUT2D eigenvalue weighted by molar-refractivity contribution is 0.0575. The van der Waals surface area contributed by atoms with Crippen molar-refractivity contribution in [3.05, 3.63) is 0 Å². The van der Waals surface area contributed by atoms with Crippen molar-refractivity contribution in [3.8, 4) is 0 Å². The van der Waals surface area contributed by atoms with Gasteiger partial charge in [0.25, 0.3) is 0 Å². The Morgan fingerprint density at radius 1 is 1.28 bits per heavy atom. The Balaban J connectivity index is 1.66. The van der Waals surface area contributed by atoms with Gasteiger partial charge in [0.15, 0.2) is 5.17 Å². The lowest BCUT2D eigenvalue weighted by atomic mass is 9.82. The molecule has 0 aromatic carbocycles. The molecule has 3 rings (SSSR count). The predicted molar refractivity (Wildman–Crippen MR) is 79.3 cm³/mol. The maximum atomic E-state index is 4.99. The Kier molecular flexibility index (Phi) is 3.35. The summed E-state index contributed by atoms with van der Waals surface area (Å²) in [5, 5.41) is 4.74. The molecule has 1 N–H and O–H groups in total. The summed E-state index contributed by atoms with van der Waals surface area (Å²) in [6.07, 6.45) is 6.70. The first-order chi connectivity index (χ1) is 8.53. The van der Waals surface area contributed by atoms with E-state index in [1.54, 1.807) is 0 Å². The minimum Gasteiger partial charge on any atom is -0.359 e. The molecule has 0 aliphatic carbocycles. The normalized spacial score (nSPS) is 41.9. The number of fused-ring (bicyclic) bond motifs is 2. The number of thioether (sulfide) groups is 1. The van der Waals surface area contributed by atoms with Crippen molar-refractivity contribution in [1.82, 2.24) is 10.2 Å². The largest absolute Gasteiger partial charge is 0.359 e. The fraction of sp³-hybridized carbons (Fsp3) is 0.929. The summed E-state index contributed by atoms with van der Waals surface area (Å²) in [7, 11) is 2.31. The fourth-order valence-electron chi connectivity index (χ4n) is 3.54. The highest BCUT2D eigenvalue weighted by Gasteiger charge is 2.36. The molecular formula is C14H25N3S. The molecule has 0 aromatic heterocycles. The second-order valence-corrected chi connectivity index (χ2v) is 7.73. The number of amidine groups is 1. The molecule has 0 radical (unpaired) electrons. The van der Waals surface area contributed by atoms with Gasteiger partial charge in [0.05, 0.1) is 6.04 Å². The minimum absolute atomic E-state index is 0.227. The van der Waals surface area contributed by atoms with Crippen LogP contribution < -0.4 is 5.32 Å². The summed E-state index contributed by atoms with van der Waals surface area (Å²) in [5.74, 6) is 1.14. The molecular weight excluding hydrogens is 242 g/mol. The van der Waals surface area contributed by atoms with Crippen LogP contribution in [0.5, 0.6) is 0 Å². The summed E-state index contributed by atoms with van der Waals surface area (Å²) < 4.78 is 0. The lowest BCUT2D eigenvalue weighted by Gasteiger charge is -2.46. The molecule has 0 aromatic rings. The minimum atomic E-state index is 0.227. The number of nitrogens with zero attached hydrogens (tertiary/aromatic N) is 2. The highest BCUT2D eigenvalue weighted by molar-refractivity contribution is 8.14. The third-order valence-corrected chi connectivity index (χ3v) is 5.98. The fourth-order valence-corrected chi connectivity index (χ4v) is 4.68. The monoisotopic (exact) mass is 267 g/mol. The van der Waals surface area contributed by atoms with Crippen LogP contribution in [0.3, 0.4) is 0 Å². The van der Waals surface area contributed by atoms with Crippen LogP contribution in [0.1, 0.15) is 46.0 Å². The van der Waals surface area contributed by atoms with Crippen molar-refractivity contribution in [2.45, 2.75) is 69.6 Å². The zero-order chi connectivity index (χ0) is 12.8. The Hall–Kier alpha value is -0.220. The molecule has 0 amide bonds. The van der Waals surface area contributed by atoms with Gasteiger partial charge in [0.1, 0.15) is 0 Å². The van der Waals surface area contributed by atoms with Crippen molar-refractivity contribution >= 4 is 16.9 Å². The van der Waals surface area contributed by atoms with Crippen LogP contribution in [0.25, 0.3) is 0 Å². The molecule has 2 unspecified atom stereocenters. The standard InChI is InChI=1S/C14H25N3S/c1-14(2)9-18-13(16-14)15-10-7-11-5-4-6-12(8-10)17(11)3/h10-12H,4-9H2,1-3H3,(H,15,16). The second kappa shape index (κ2) is 4.71. The second-order valence-electron chi connectivity index (χ2n) is 6.76. The van der Waals surface area contributed by atoms with Crippen LogP contribution in [0, 0.1) is 0 Å². The Morgan fingerprint density at radius 3 is 2.50 bits per heavy atom. The molecule has 3 nitrogen and oxygen atoms in total. The topological polar surface area (TPSA) is 27.6 Å². The summed E-state index contributed by atoms with van der Waals surface area (Å²) in [6, 6.07) is 2.12. The van der Waals surface area contributed by atoms with Gasteiger partial charge in [-0.3, -0.25) is 4.99 Å². The van der Waals surface area contributed by atoms with Gasteiger partial charge >= 0.3 is 0 Å². The SMILES string of the molecule is CN1C2CCCC1CC(N=C1NC(C)(C)CS1)C2. The van der Waals surface area contributed by atoms with E-state index < -0.39 is 0 Å². The average molecular weight is 267 g/mol. The van der Waals surface area contributed by atoms with E-state index >= 15 is 0 Å². The van der Waals surface area contributed by atoms with Gasteiger partial charge in [-0.1, -0.05) is 18.2 Å². The summed E-state index contributed by atoms with van der Waals surface area (Å²) in [4.78, 5) is 7.60. The molecule has 102 valence electrons. The van der Waals surface area contributed by atoms with Crippen molar-refractivity contribution in [2.75, 3.05) is 12.8 Å². The van der Waals surface area contributed by atoms with Crippen LogP contribution in [0.2, 0.25) is 0 Å². The van der Waals surface area contributed by atoms with Gasteiger partial charge in [-0.2, -0.15) is 0 Å². The molecule has 3 aliphatic heterocycles. The zero-order valence-corrected chi connectivity index (χ0v) is 12.6. The summed E-state index contributed by atoms with van der Waals surface area (Å²) >= 11 is 1.90. The molecule has 2 atom stereocenters. The van der Waals surface area contributed by atoms with Gasteiger partial charge < -0.3 is 10.2 Å². The van der Waals surface area contributed by atoms with Crippen molar-refractivity contribution in [1.29, 1.82) is 0 Å². The predicted octanol–water partition coefficient (Wildman–Crippen LogP) is 2.47. The average Bonchev–Trinajstić information content (AvgIpc) is 2.60. The van der Waals surface area contributed by atoms with E-state index in [1.807, 2.05) is 11.8 Å². The number of piperidine rings is 2. The van der Waals surface area contributed by atoms with E-state index in [9.17, 15) is 0 Å². The van der Waals surface area contributed by atoms with E-state index in [1.165, 1.54) is 37.3 Å². The Morgan fingerprint density at radius 2 is 1.94 bits per heavy atom. The smallest absolute Gasteiger partial charge is 0.157 e. The van der Waals surface area contributed by atoms with Crippen LogP contribution in [0.4, 0.5) is 0 Å². The van der Waals surface area contributed by atoms with E-state index in [0.29, 0.717) is 6.04 Å². The van der Waals surface area contributed by atoms with Crippen molar-refractivity contribution < 1.29 is 0 Å². The first kappa shape index (κ1) is 12.8. The summed E-state index contributed by atoms with van der Waals surface area (Å²) in [6.45, 7) is 4.51. The van der Waals surface area contributed by atoms with Crippen molar-refractivity contribution in [2.24, 2.45) is 4.99 Å². The van der Waals surface area contributed by atoms with Gasteiger partial charge in [-0.25, -0.2) is 0 Å². The van der Waals surface area contributed by atoms with Gasteiger partial charge in [-0.05, 0) is 46.6 Å². The first-order valence-corrected chi connectivity index (χ1v) is 8.23. The molecule has 0 saturated carbocycles. The van der Waals surface area contributed by atoms with E-state index in [2.05, 4.69) is 31.1 Å². The highest BCUT2D eigenvalue weighted by Crippen LogP contribution is 2.34. The van der Waals surface area contributed by atoms with Crippen LogP contribution in [-0.2, 0) is 0 Å². The third-order valence-electron chi connectivity index (χ3n) is 4.63. The van der Waals surface area contributed by atoms with Gasteiger partial charge in [-0.15, -0.1) is 0 Å². The molecule has 3 heterocycles. The van der Waals surface area contributed by atoms with E-state index in [-0.39, 0.29) is 5.54 Å². The lowest BCUT2D eigenvalue weighted by Crippen LogP contribution is -2.51. The van der Waals surface area contributed by atoms with Gasteiger partial charge in [0, 0.05) is 23.4 Å². The maximum Gasteiger partial charge on any atom is 0.157 e. The Bertz CT molecular complexity index is 339. The summed E-state index contributed by atoms with van der Waals surface area (Å²) in [5.41, 5.74) is 0.227. The number of aliphatic imine (C=N–C) groups is 1. The quantitative estimate of drug-likeness (QED) is 0.791. The number of hydrogen-bond acceptors (Lipinski definition) is 3. The van der Waals surface area contributed by atoms with Crippen LogP contribution in [-0.4, -0.2) is 46.5 Å². The van der Waals surface area contributed by atoms with Crippen LogP contribution in [0.15, 0.2) is 4.99 Å². The number of hydrogen-bond donors (Lipinski definition) is 1. The highest BCUT2D eigenvalue weighted by atomic mass is 32.2. The van der Waals surface area contributed by atoms with Gasteiger partial charge in [0.2, 0.25) is 0 Å². The Labute approximate surface area is 115 Å². The van der Waals surface area contributed by atoms with Crippen molar-refractivity contribution in [3.63, 3.8) is 0 Å². The molecule has 3 aliphatic rings. The zero-order valence-electron chi connectivity index (χ0n) is 11.8.